The second kappa shape index (κ2) is 18.1. The molecule has 0 aliphatic carbocycles. The Bertz CT molecular complexity index is 3260. The zero-order valence-corrected chi connectivity index (χ0v) is 36.2. The highest BCUT2D eigenvalue weighted by atomic mass is 14.7. The number of hydrogen-bond donors (Lipinski definition) is 0. The van der Waals surface area contributed by atoms with E-state index in [4.69, 9.17) is 15.0 Å². The fourth-order valence-corrected chi connectivity index (χ4v) is 8.91. The predicted octanol–water partition coefficient (Wildman–Crippen LogP) is 16.5. The summed E-state index contributed by atoms with van der Waals surface area (Å²) in [4.78, 5) is 14.9. The Morgan fingerprint density at radius 3 is 0.697 bits per heavy atom. The Kier molecular flexibility index (Phi) is 11.0. The summed E-state index contributed by atoms with van der Waals surface area (Å²) >= 11 is 0. The molecular formula is C63H43N3. The van der Waals surface area contributed by atoms with E-state index in [1.807, 2.05) is 36.8 Å². The average molecular weight is 842 g/mol. The van der Waals surface area contributed by atoms with Crippen LogP contribution in [-0.4, -0.2) is 15.0 Å². The Labute approximate surface area is 386 Å². The molecule has 0 saturated carbocycles. The van der Waals surface area contributed by atoms with Crippen LogP contribution in [0.1, 0.15) is 0 Å². The molecule has 0 amide bonds. The minimum Gasteiger partial charge on any atom is -0.256 e. The van der Waals surface area contributed by atoms with Crippen LogP contribution in [0.2, 0.25) is 0 Å². The van der Waals surface area contributed by atoms with Gasteiger partial charge in [0.15, 0.2) is 0 Å². The van der Waals surface area contributed by atoms with Crippen LogP contribution < -0.4 is 0 Å². The fourth-order valence-electron chi connectivity index (χ4n) is 8.91. The number of rotatable bonds is 10. The molecule has 0 N–H and O–H groups in total. The van der Waals surface area contributed by atoms with Crippen LogP contribution in [0.4, 0.5) is 0 Å². The van der Waals surface area contributed by atoms with Gasteiger partial charge in [-0.05, 0) is 97.6 Å². The second-order valence-corrected chi connectivity index (χ2v) is 16.4. The standard InChI is InChI=1S/C63H43N3/c1-4-16-44(17-5-1)45-28-30-48(31-29-45)63-37-34-51(43-66-63)57-24-12-15-27-60(57)54-39-52(58-25-13-10-22-55(58)49-32-35-61(64-41-49)46-18-6-2-7-19-46)38-53(40-54)59-26-14-11-23-56(59)50-33-36-62(65-42-50)47-20-8-3-9-21-47/h1-43H. The van der Waals surface area contributed by atoms with Crippen LogP contribution in [0.25, 0.3) is 112 Å². The van der Waals surface area contributed by atoms with Crippen molar-refractivity contribution in [3.63, 3.8) is 0 Å². The molecule has 11 rings (SSSR count). The molecule has 0 fully saturated rings. The van der Waals surface area contributed by atoms with E-state index in [0.717, 1.165) is 101 Å². The van der Waals surface area contributed by atoms with Gasteiger partial charge in [0.05, 0.1) is 17.1 Å². The lowest BCUT2D eigenvalue weighted by Gasteiger charge is -2.18. The van der Waals surface area contributed by atoms with Crippen molar-refractivity contribution < 1.29 is 0 Å². The van der Waals surface area contributed by atoms with Crippen molar-refractivity contribution in [1.29, 1.82) is 0 Å². The first-order valence-electron chi connectivity index (χ1n) is 22.3. The van der Waals surface area contributed by atoms with E-state index in [0.29, 0.717) is 0 Å². The molecule has 3 heterocycles. The summed E-state index contributed by atoms with van der Waals surface area (Å²) in [6.07, 6.45) is 6.00. The molecule has 0 atom stereocenters. The first kappa shape index (κ1) is 40.0. The zero-order valence-electron chi connectivity index (χ0n) is 36.2. The molecule has 11 aromatic rings. The summed E-state index contributed by atoms with van der Waals surface area (Å²) in [6, 6.07) is 85.7. The maximum Gasteiger partial charge on any atom is 0.0702 e. The van der Waals surface area contributed by atoms with Crippen LogP contribution in [0, 0.1) is 0 Å². The number of aromatic nitrogens is 3. The van der Waals surface area contributed by atoms with Gasteiger partial charge in [0.25, 0.3) is 0 Å². The largest absolute Gasteiger partial charge is 0.256 e. The summed E-state index contributed by atoms with van der Waals surface area (Å²) in [5.74, 6) is 0. The van der Waals surface area contributed by atoms with Gasteiger partial charge in [-0.15, -0.1) is 0 Å². The third kappa shape index (κ3) is 8.25. The van der Waals surface area contributed by atoms with Gasteiger partial charge in [0.2, 0.25) is 0 Å². The molecule has 0 aliphatic heterocycles. The molecule has 0 radical (unpaired) electrons. The summed E-state index contributed by atoms with van der Waals surface area (Å²) in [7, 11) is 0. The van der Waals surface area contributed by atoms with Gasteiger partial charge in [-0.1, -0.05) is 206 Å². The number of pyridine rings is 3. The molecule has 0 aliphatic rings. The minimum absolute atomic E-state index is 0.936. The van der Waals surface area contributed by atoms with Crippen molar-refractivity contribution in [2.75, 3.05) is 0 Å². The van der Waals surface area contributed by atoms with Gasteiger partial charge in [0.1, 0.15) is 0 Å². The number of hydrogen-bond acceptors (Lipinski definition) is 3. The van der Waals surface area contributed by atoms with Crippen LogP contribution in [0.15, 0.2) is 261 Å². The maximum atomic E-state index is 5.02. The average Bonchev–Trinajstić information content (AvgIpc) is 3.42. The Hall–Kier alpha value is -8.79. The van der Waals surface area contributed by atoms with Gasteiger partial charge in [-0.2, -0.15) is 0 Å². The Morgan fingerprint density at radius 2 is 0.394 bits per heavy atom. The van der Waals surface area contributed by atoms with Gasteiger partial charge in [0, 0.05) is 52.0 Å². The highest BCUT2D eigenvalue weighted by Crippen LogP contribution is 2.42. The lowest BCUT2D eigenvalue weighted by molar-refractivity contribution is 1.32. The molecule has 310 valence electrons. The van der Waals surface area contributed by atoms with Gasteiger partial charge >= 0.3 is 0 Å². The summed E-state index contributed by atoms with van der Waals surface area (Å²) in [5.41, 5.74) is 21.7. The lowest BCUT2D eigenvalue weighted by Crippen LogP contribution is -1.93. The van der Waals surface area contributed by atoms with Crippen molar-refractivity contribution in [1.82, 2.24) is 15.0 Å². The molecule has 3 heteroatoms. The smallest absolute Gasteiger partial charge is 0.0702 e. The molecule has 3 nitrogen and oxygen atoms in total. The van der Waals surface area contributed by atoms with E-state index in [1.54, 1.807) is 0 Å². The van der Waals surface area contributed by atoms with E-state index in [9.17, 15) is 0 Å². The Balaban J connectivity index is 1.02. The SMILES string of the molecule is c1ccc(-c2ccc(-c3ccc(-c4ccccc4-c4cc(-c5ccccc5-c5ccc(-c6ccccc6)nc5)cc(-c5ccccc5-c5ccc(-c6ccccc6)nc5)c4)cn3)cc2)cc1. The molecule has 0 saturated heterocycles. The third-order valence-electron chi connectivity index (χ3n) is 12.3. The van der Waals surface area contributed by atoms with Crippen molar-refractivity contribution >= 4 is 0 Å². The number of benzene rings is 8. The monoisotopic (exact) mass is 841 g/mol. The topological polar surface area (TPSA) is 38.7 Å². The zero-order chi connectivity index (χ0) is 44.1. The normalized spacial score (nSPS) is 11.0. The fraction of sp³-hybridized carbons (Fsp3) is 0. The maximum absolute atomic E-state index is 5.02. The van der Waals surface area contributed by atoms with Crippen molar-refractivity contribution in [3.8, 4) is 112 Å². The van der Waals surface area contributed by atoms with Crippen LogP contribution in [0.5, 0.6) is 0 Å². The van der Waals surface area contributed by atoms with E-state index < -0.39 is 0 Å². The van der Waals surface area contributed by atoms with Gasteiger partial charge < -0.3 is 0 Å². The molecule has 3 aromatic heterocycles. The molecule has 66 heavy (non-hydrogen) atoms. The molecular weight excluding hydrogens is 799 g/mol. The molecule has 0 unspecified atom stereocenters. The number of nitrogens with zero attached hydrogens (tertiary/aromatic N) is 3. The van der Waals surface area contributed by atoms with Gasteiger partial charge in [-0.25, -0.2) is 0 Å². The minimum atomic E-state index is 0.936. The van der Waals surface area contributed by atoms with Crippen molar-refractivity contribution in [2.24, 2.45) is 0 Å². The van der Waals surface area contributed by atoms with E-state index in [2.05, 4.69) is 224 Å². The van der Waals surface area contributed by atoms with E-state index in [1.165, 1.54) is 11.1 Å². The van der Waals surface area contributed by atoms with Crippen LogP contribution in [-0.2, 0) is 0 Å². The molecule has 0 spiro atoms. The summed E-state index contributed by atoms with van der Waals surface area (Å²) < 4.78 is 0. The molecule has 8 aromatic carbocycles. The lowest BCUT2D eigenvalue weighted by atomic mass is 9.86. The summed E-state index contributed by atoms with van der Waals surface area (Å²) in [6.45, 7) is 0. The van der Waals surface area contributed by atoms with Gasteiger partial charge in [-0.3, -0.25) is 15.0 Å². The first-order valence-corrected chi connectivity index (χ1v) is 22.3. The predicted molar refractivity (Wildman–Crippen MR) is 274 cm³/mol. The van der Waals surface area contributed by atoms with Crippen LogP contribution in [0.3, 0.4) is 0 Å². The summed E-state index contributed by atoms with van der Waals surface area (Å²) in [5, 5.41) is 0. The van der Waals surface area contributed by atoms with Crippen molar-refractivity contribution in [2.45, 2.75) is 0 Å². The highest BCUT2D eigenvalue weighted by molar-refractivity contribution is 5.94. The van der Waals surface area contributed by atoms with Crippen LogP contribution >= 0.6 is 0 Å². The third-order valence-corrected chi connectivity index (χ3v) is 12.3. The Morgan fingerprint density at radius 1 is 0.167 bits per heavy atom. The van der Waals surface area contributed by atoms with E-state index >= 15 is 0 Å². The second-order valence-electron chi connectivity index (χ2n) is 16.4. The molecule has 0 bridgehead atoms. The van der Waals surface area contributed by atoms with Crippen molar-refractivity contribution in [3.05, 3.63) is 261 Å². The highest BCUT2D eigenvalue weighted by Gasteiger charge is 2.17. The quantitative estimate of drug-likeness (QED) is 0.138. The first-order chi connectivity index (χ1) is 32.7. The van der Waals surface area contributed by atoms with E-state index in [-0.39, 0.29) is 0 Å².